The summed E-state index contributed by atoms with van der Waals surface area (Å²) < 4.78 is 6.63. The standard InChI is InChI=1S/C18H24N4O3/c1-2-6-15-20-18(25-21-15)13-9-10-17(24)22(11-13)12-16(23)19-14-7-4-3-5-8-14/h9-11,14H,2-8,12H2,1H3,(H,19,23). The van der Waals surface area contributed by atoms with Gasteiger partial charge in [-0.05, 0) is 25.3 Å². The molecule has 1 amide bonds. The fourth-order valence-corrected chi connectivity index (χ4v) is 3.15. The van der Waals surface area contributed by atoms with Gasteiger partial charge in [0.15, 0.2) is 5.82 Å². The van der Waals surface area contributed by atoms with Gasteiger partial charge >= 0.3 is 0 Å². The molecule has 0 saturated heterocycles. The molecule has 25 heavy (non-hydrogen) atoms. The minimum atomic E-state index is -0.226. The van der Waals surface area contributed by atoms with Crippen LogP contribution in [0.4, 0.5) is 0 Å². The first-order chi connectivity index (χ1) is 12.2. The lowest BCUT2D eigenvalue weighted by Crippen LogP contribution is -2.39. The third kappa shape index (κ3) is 4.55. The van der Waals surface area contributed by atoms with Gasteiger partial charge in [0, 0.05) is 24.7 Å². The van der Waals surface area contributed by atoms with Crippen molar-refractivity contribution >= 4 is 5.91 Å². The molecule has 7 heteroatoms. The van der Waals surface area contributed by atoms with Gasteiger partial charge in [-0.3, -0.25) is 9.59 Å². The normalized spacial score (nSPS) is 15.2. The van der Waals surface area contributed by atoms with E-state index in [1.54, 1.807) is 12.3 Å². The van der Waals surface area contributed by atoms with Gasteiger partial charge in [0.05, 0.1) is 5.56 Å². The van der Waals surface area contributed by atoms with Crippen molar-refractivity contribution < 1.29 is 9.32 Å². The summed E-state index contributed by atoms with van der Waals surface area (Å²) in [5.74, 6) is 0.874. The van der Waals surface area contributed by atoms with E-state index in [1.807, 2.05) is 6.92 Å². The summed E-state index contributed by atoms with van der Waals surface area (Å²) in [6.07, 6.45) is 8.85. The number of carbonyl (C=O) groups excluding carboxylic acids is 1. The van der Waals surface area contributed by atoms with E-state index in [9.17, 15) is 9.59 Å². The molecule has 0 aliphatic heterocycles. The maximum absolute atomic E-state index is 12.2. The van der Waals surface area contributed by atoms with E-state index in [4.69, 9.17) is 4.52 Å². The number of nitrogens with zero attached hydrogens (tertiary/aromatic N) is 3. The van der Waals surface area contributed by atoms with Crippen LogP contribution >= 0.6 is 0 Å². The molecule has 1 aliphatic carbocycles. The molecule has 0 radical (unpaired) electrons. The largest absolute Gasteiger partial charge is 0.352 e. The molecule has 1 saturated carbocycles. The number of pyridine rings is 1. The van der Waals surface area contributed by atoms with Crippen molar-refractivity contribution in [1.82, 2.24) is 20.0 Å². The number of aromatic nitrogens is 3. The molecular weight excluding hydrogens is 320 g/mol. The molecule has 1 fully saturated rings. The van der Waals surface area contributed by atoms with Crippen molar-refractivity contribution in [2.24, 2.45) is 0 Å². The second-order valence-corrected chi connectivity index (χ2v) is 6.55. The molecule has 1 N–H and O–H groups in total. The third-order valence-electron chi connectivity index (χ3n) is 4.46. The monoisotopic (exact) mass is 344 g/mol. The lowest BCUT2D eigenvalue weighted by atomic mass is 9.95. The molecule has 2 heterocycles. The molecule has 3 rings (SSSR count). The zero-order chi connectivity index (χ0) is 17.6. The van der Waals surface area contributed by atoms with E-state index in [1.165, 1.54) is 17.1 Å². The zero-order valence-corrected chi connectivity index (χ0v) is 14.5. The Balaban J connectivity index is 1.70. The highest BCUT2D eigenvalue weighted by atomic mass is 16.5. The van der Waals surface area contributed by atoms with Crippen LogP contribution in [0.15, 0.2) is 27.6 Å². The topological polar surface area (TPSA) is 90.0 Å². The summed E-state index contributed by atoms with van der Waals surface area (Å²) in [7, 11) is 0. The Bertz CT molecular complexity index is 775. The number of hydrogen-bond donors (Lipinski definition) is 1. The van der Waals surface area contributed by atoms with Crippen LogP contribution < -0.4 is 10.9 Å². The molecule has 0 bridgehead atoms. The van der Waals surface area contributed by atoms with Crippen LogP contribution in [-0.2, 0) is 17.8 Å². The SMILES string of the molecule is CCCc1noc(-c2ccc(=O)n(CC(=O)NC3CCCCC3)c2)n1. The fourth-order valence-electron chi connectivity index (χ4n) is 3.15. The van der Waals surface area contributed by atoms with Crippen LogP contribution in [0.5, 0.6) is 0 Å². The van der Waals surface area contributed by atoms with Gasteiger partial charge < -0.3 is 14.4 Å². The van der Waals surface area contributed by atoms with E-state index >= 15 is 0 Å². The number of amides is 1. The van der Waals surface area contributed by atoms with Crippen molar-refractivity contribution in [2.75, 3.05) is 0 Å². The Morgan fingerprint density at radius 2 is 2.12 bits per heavy atom. The molecular formula is C18H24N4O3. The second kappa shape index (κ2) is 8.09. The number of aryl methyl sites for hydroxylation is 1. The predicted molar refractivity (Wildman–Crippen MR) is 93.0 cm³/mol. The molecule has 2 aromatic rings. The molecule has 0 atom stereocenters. The molecule has 134 valence electrons. The van der Waals surface area contributed by atoms with E-state index in [2.05, 4.69) is 15.5 Å². The van der Waals surface area contributed by atoms with Crippen LogP contribution in [0.3, 0.4) is 0 Å². The Morgan fingerprint density at radius 3 is 2.88 bits per heavy atom. The highest BCUT2D eigenvalue weighted by Crippen LogP contribution is 2.18. The van der Waals surface area contributed by atoms with Crippen LogP contribution in [0.1, 0.15) is 51.3 Å². The Hall–Kier alpha value is -2.44. The predicted octanol–water partition coefficient (Wildman–Crippen LogP) is 2.30. The summed E-state index contributed by atoms with van der Waals surface area (Å²) in [6, 6.07) is 3.29. The van der Waals surface area contributed by atoms with Crippen molar-refractivity contribution in [1.29, 1.82) is 0 Å². The number of rotatable bonds is 6. The van der Waals surface area contributed by atoms with Crippen LogP contribution in [-0.4, -0.2) is 26.7 Å². The molecule has 7 nitrogen and oxygen atoms in total. The van der Waals surface area contributed by atoms with E-state index in [0.717, 1.165) is 38.5 Å². The minimum Gasteiger partial charge on any atom is -0.352 e. The zero-order valence-electron chi connectivity index (χ0n) is 14.5. The molecule has 2 aromatic heterocycles. The summed E-state index contributed by atoms with van der Waals surface area (Å²) >= 11 is 0. The second-order valence-electron chi connectivity index (χ2n) is 6.55. The molecule has 1 aliphatic rings. The minimum absolute atomic E-state index is 0.000865. The summed E-state index contributed by atoms with van der Waals surface area (Å²) in [4.78, 5) is 28.6. The summed E-state index contributed by atoms with van der Waals surface area (Å²) in [5.41, 5.74) is 0.413. The lowest BCUT2D eigenvalue weighted by molar-refractivity contribution is -0.122. The number of nitrogens with one attached hydrogen (secondary N) is 1. The average molecular weight is 344 g/mol. The van der Waals surface area contributed by atoms with Gasteiger partial charge in [0.2, 0.25) is 5.91 Å². The van der Waals surface area contributed by atoms with Gasteiger partial charge in [-0.25, -0.2) is 0 Å². The van der Waals surface area contributed by atoms with Crippen molar-refractivity contribution in [3.63, 3.8) is 0 Å². The maximum atomic E-state index is 12.2. The molecule has 0 aromatic carbocycles. The third-order valence-corrected chi connectivity index (χ3v) is 4.46. The van der Waals surface area contributed by atoms with Gasteiger partial charge in [0.1, 0.15) is 6.54 Å². The quantitative estimate of drug-likeness (QED) is 0.868. The van der Waals surface area contributed by atoms with Gasteiger partial charge in [0.25, 0.3) is 11.4 Å². The van der Waals surface area contributed by atoms with Crippen LogP contribution in [0.2, 0.25) is 0 Å². The van der Waals surface area contributed by atoms with Gasteiger partial charge in [-0.1, -0.05) is 31.3 Å². The van der Waals surface area contributed by atoms with E-state index in [-0.39, 0.29) is 24.1 Å². The van der Waals surface area contributed by atoms with Crippen LogP contribution in [0, 0.1) is 0 Å². The molecule has 0 spiro atoms. The fraction of sp³-hybridized carbons (Fsp3) is 0.556. The van der Waals surface area contributed by atoms with Crippen molar-refractivity contribution in [3.8, 4) is 11.5 Å². The van der Waals surface area contributed by atoms with Gasteiger partial charge in [-0.2, -0.15) is 4.98 Å². The first-order valence-corrected chi connectivity index (χ1v) is 8.98. The number of hydrogen-bond acceptors (Lipinski definition) is 5. The Kier molecular flexibility index (Phi) is 5.63. The van der Waals surface area contributed by atoms with Crippen molar-refractivity contribution in [2.45, 2.75) is 64.5 Å². The maximum Gasteiger partial charge on any atom is 0.259 e. The van der Waals surface area contributed by atoms with Crippen molar-refractivity contribution in [3.05, 3.63) is 34.5 Å². The average Bonchev–Trinajstić information content (AvgIpc) is 3.07. The highest BCUT2D eigenvalue weighted by molar-refractivity contribution is 5.76. The Labute approximate surface area is 146 Å². The van der Waals surface area contributed by atoms with Gasteiger partial charge in [-0.15, -0.1) is 0 Å². The Morgan fingerprint density at radius 1 is 1.32 bits per heavy atom. The van der Waals surface area contributed by atoms with E-state index in [0.29, 0.717) is 17.3 Å². The number of carbonyl (C=O) groups is 1. The van der Waals surface area contributed by atoms with Crippen LogP contribution in [0.25, 0.3) is 11.5 Å². The first-order valence-electron chi connectivity index (χ1n) is 8.98. The summed E-state index contributed by atoms with van der Waals surface area (Å²) in [6.45, 7) is 2.04. The molecule has 0 unspecified atom stereocenters. The lowest BCUT2D eigenvalue weighted by Gasteiger charge is -2.22. The first kappa shape index (κ1) is 17.4. The smallest absolute Gasteiger partial charge is 0.259 e. The highest BCUT2D eigenvalue weighted by Gasteiger charge is 2.16. The van der Waals surface area contributed by atoms with E-state index < -0.39 is 0 Å². The summed E-state index contributed by atoms with van der Waals surface area (Å²) in [5, 5.41) is 6.94.